The fourth-order valence-corrected chi connectivity index (χ4v) is 1.76. The highest BCUT2D eigenvalue weighted by Gasteiger charge is 2.03. The molecule has 0 aliphatic carbocycles. The van der Waals surface area contributed by atoms with E-state index in [4.69, 9.17) is 0 Å². The van der Waals surface area contributed by atoms with Crippen LogP contribution in [-0.4, -0.2) is 16.3 Å². The third kappa shape index (κ3) is 4.47. The van der Waals surface area contributed by atoms with Gasteiger partial charge in [-0.1, -0.05) is 27.2 Å². The second kappa shape index (κ2) is 6.62. The molecule has 0 saturated carbocycles. The molecule has 0 aliphatic rings. The van der Waals surface area contributed by atoms with E-state index >= 15 is 0 Å². The Labute approximate surface area is 92.9 Å². The van der Waals surface area contributed by atoms with Crippen molar-refractivity contribution in [2.24, 2.45) is 5.92 Å². The van der Waals surface area contributed by atoms with Crippen LogP contribution in [0.4, 0.5) is 0 Å². The average molecular weight is 209 g/mol. The van der Waals surface area contributed by atoms with Crippen molar-refractivity contribution in [1.29, 1.82) is 0 Å². The summed E-state index contributed by atoms with van der Waals surface area (Å²) in [5, 5.41) is 7.80. The molecule has 3 nitrogen and oxygen atoms in total. The smallest absolute Gasteiger partial charge is 0.0762 e. The molecule has 0 saturated heterocycles. The van der Waals surface area contributed by atoms with Crippen molar-refractivity contribution in [3.63, 3.8) is 0 Å². The zero-order valence-corrected chi connectivity index (χ0v) is 10.2. The highest BCUT2D eigenvalue weighted by atomic mass is 15.3. The van der Waals surface area contributed by atoms with E-state index in [0.29, 0.717) is 0 Å². The molecule has 1 unspecified atom stereocenters. The first kappa shape index (κ1) is 12.2. The van der Waals surface area contributed by atoms with Crippen molar-refractivity contribution >= 4 is 0 Å². The van der Waals surface area contributed by atoms with Gasteiger partial charge < -0.3 is 5.32 Å². The molecule has 0 spiro atoms. The molecule has 0 bridgehead atoms. The highest BCUT2D eigenvalue weighted by molar-refractivity contribution is 4.98. The maximum absolute atomic E-state index is 4.52. The Balaban J connectivity index is 2.38. The summed E-state index contributed by atoms with van der Waals surface area (Å²) in [6.45, 7) is 9.55. The summed E-state index contributed by atoms with van der Waals surface area (Å²) in [6, 6.07) is 2.10. The first-order chi connectivity index (χ1) is 7.26. The van der Waals surface area contributed by atoms with E-state index in [0.717, 1.165) is 31.2 Å². The van der Waals surface area contributed by atoms with Crippen molar-refractivity contribution in [1.82, 2.24) is 15.1 Å². The monoisotopic (exact) mass is 209 g/mol. The standard InChI is InChI=1S/C12H23N3/c1-4-6-11(3)10-15-8-7-12(14-15)9-13-5-2/h7-8,11,13H,4-6,9-10H2,1-3H3. The molecule has 0 aromatic carbocycles. The van der Waals surface area contributed by atoms with Gasteiger partial charge in [-0.2, -0.15) is 5.10 Å². The summed E-state index contributed by atoms with van der Waals surface area (Å²) in [5.74, 6) is 0.724. The van der Waals surface area contributed by atoms with Gasteiger partial charge in [0.25, 0.3) is 0 Å². The minimum atomic E-state index is 0.724. The van der Waals surface area contributed by atoms with Crippen molar-refractivity contribution in [3.8, 4) is 0 Å². The number of aromatic nitrogens is 2. The Morgan fingerprint density at radius 1 is 1.47 bits per heavy atom. The van der Waals surface area contributed by atoms with Crippen molar-refractivity contribution in [2.75, 3.05) is 6.54 Å². The lowest BCUT2D eigenvalue weighted by Crippen LogP contribution is -2.13. The molecule has 3 heteroatoms. The fraction of sp³-hybridized carbons (Fsp3) is 0.750. The van der Waals surface area contributed by atoms with E-state index in [2.05, 4.69) is 48.1 Å². The first-order valence-corrected chi connectivity index (χ1v) is 5.99. The highest BCUT2D eigenvalue weighted by Crippen LogP contribution is 2.08. The quantitative estimate of drug-likeness (QED) is 0.747. The lowest BCUT2D eigenvalue weighted by Gasteiger charge is -2.09. The first-order valence-electron chi connectivity index (χ1n) is 5.99. The minimum absolute atomic E-state index is 0.724. The van der Waals surface area contributed by atoms with Crippen LogP contribution in [0, 0.1) is 5.92 Å². The third-order valence-corrected chi connectivity index (χ3v) is 2.53. The molecule has 1 aromatic rings. The summed E-state index contributed by atoms with van der Waals surface area (Å²) in [4.78, 5) is 0. The van der Waals surface area contributed by atoms with Gasteiger partial charge in [0.15, 0.2) is 0 Å². The van der Waals surface area contributed by atoms with Crippen LogP contribution in [0.2, 0.25) is 0 Å². The van der Waals surface area contributed by atoms with Crippen LogP contribution in [0.15, 0.2) is 12.3 Å². The van der Waals surface area contributed by atoms with Crippen LogP contribution in [0.5, 0.6) is 0 Å². The van der Waals surface area contributed by atoms with Crippen molar-refractivity contribution in [2.45, 2.75) is 46.7 Å². The SMILES string of the molecule is CCCC(C)Cn1ccc(CNCC)n1. The van der Waals surface area contributed by atoms with E-state index in [9.17, 15) is 0 Å². The molecular weight excluding hydrogens is 186 g/mol. The van der Waals surface area contributed by atoms with Crippen LogP contribution in [0.1, 0.15) is 39.3 Å². The Morgan fingerprint density at radius 3 is 2.93 bits per heavy atom. The van der Waals surface area contributed by atoms with Gasteiger partial charge >= 0.3 is 0 Å². The van der Waals surface area contributed by atoms with Crippen LogP contribution < -0.4 is 5.32 Å². The zero-order chi connectivity index (χ0) is 11.1. The molecule has 1 heterocycles. The maximum atomic E-state index is 4.52. The molecule has 1 atom stereocenters. The summed E-state index contributed by atoms with van der Waals surface area (Å²) in [6.07, 6.45) is 4.62. The summed E-state index contributed by atoms with van der Waals surface area (Å²) in [5.41, 5.74) is 1.14. The number of rotatable bonds is 7. The number of hydrogen-bond donors (Lipinski definition) is 1. The largest absolute Gasteiger partial charge is 0.311 e. The Morgan fingerprint density at radius 2 is 2.27 bits per heavy atom. The normalized spacial score (nSPS) is 13.0. The number of nitrogens with one attached hydrogen (secondary N) is 1. The number of hydrogen-bond acceptors (Lipinski definition) is 2. The molecule has 1 N–H and O–H groups in total. The molecule has 15 heavy (non-hydrogen) atoms. The lowest BCUT2D eigenvalue weighted by molar-refractivity contribution is 0.418. The molecule has 0 amide bonds. The molecule has 1 rings (SSSR count). The zero-order valence-electron chi connectivity index (χ0n) is 10.2. The molecule has 1 aromatic heterocycles. The van der Waals surface area contributed by atoms with Gasteiger partial charge in [0.05, 0.1) is 5.69 Å². The molecular formula is C12H23N3. The number of nitrogens with zero attached hydrogens (tertiary/aromatic N) is 2. The predicted molar refractivity (Wildman–Crippen MR) is 63.7 cm³/mol. The van der Waals surface area contributed by atoms with Gasteiger partial charge in [-0.25, -0.2) is 0 Å². The van der Waals surface area contributed by atoms with Gasteiger partial charge in [0.1, 0.15) is 0 Å². The van der Waals surface area contributed by atoms with Crippen LogP contribution in [-0.2, 0) is 13.1 Å². The van der Waals surface area contributed by atoms with Gasteiger partial charge in [-0.05, 0) is 24.9 Å². The van der Waals surface area contributed by atoms with Crippen LogP contribution in [0.25, 0.3) is 0 Å². The summed E-state index contributed by atoms with van der Waals surface area (Å²) < 4.78 is 2.06. The lowest BCUT2D eigenvalue weighted by atomic mass is 10.1. The van der Waals surface area contributed by atoms with Gasteiger partial charge in [0.2, 0.25) is 0 Å². The van der Waals surface area contributed by atoms with Gasteiger partial charge in [-0.15, -0.1) is 0 Å². The summed E-state index contributed by atoms with van der Waals surface area (Å²) >= 11 is 0. The second-order valence-corrected chi connectivity index (χ2v) is 4.20. The van der Waals surface area contributed by atoms with E-state index in [1.807, 2.05) is 0 Å². The third-order valence-electron chi connectivity index (χ3n) is 2.53. The molecule has 86 valence electrons. The van der Waals surface area contributed by atoms with E-state index < -0.39 is 0 Å². The van der Waals surface area contributed by atoms with Gasteiger partial charge in [-0.3, -0.25) is 4.68 Å². The average Bonchev–Trinajstić information content (AvgIpc) is 2.63. The predicted octanol–water partition coefficient (Wildman–Crippen LogP) is 2.43. The fourth-order valence-electron chi connectivity index (χ4n) is 1.76. The topological polar surface area (TPSA) is 29.9 Å². The van der Waals surface area contributed by atoms with E-state index in [-0.39, 0.29) is 0 Å². The molecule has 0 fully saturated rings. The van der Waals surface area contributed by atoms with Crippen molar-refractivity contribution in [3.05, 3.63) is 18.0 Å². The Kier molecular flexibility index (Phi) is 5.40. The van der Waals surface area contributed by atoms with Crippen LogP contribution in [0.3, 0.4) is 0 Å². The second-order valence-electron chi connectivity index (χ2n) is 4.20. The Hall–Kier alpha value is -0.830. The molecule has 0 aliphatic heterocycles. The summed E-state index contributed by atoms with van der Waals surface area (Å²) in [7, 11) is 0. The van der Waals surface area contributed by atoms with Crippen LogP contribution >= 0.6 is 0 Å². The minimum Gasteiger partial charge on any atom is -0.311 e. The van der Waals surface area contributed by atoms with E-state index in [1.165, 1.54) is 12.8 Å². The maximum Gasteiger partial charge on any atom is 0.0762 e. The molecule has 0 radical (unpaired) electrons. The van der Waals surface area contributed by atoms with E-state index in [1.54, 1.807) is 0 Å². The Bertz CT molecular complexity index is 268. The van der Waals surface area contributed by atoms with Gasteiger partial charge in [0, 0.05) is 19.3 Å². The van der Waals surface area contributed by atoms with Crippen molar-refractivity contribution < 1.29 is 0 Å².